The number of aryl methyl sites for hydroxylation is 1. The molecule has 0 saturated carbocycles. The van der Waals surface area contributed by atoms with E-state index >= 15 is 0 Å². The van der Waals surface area contributed by atoms with E-state index in [0.29, 0.717) is 39.3 Å². The molecule has 1 atom stereocenters. The first-order chi connectivity index (χ1) is 27.6. The van der Waals surface area contributed by atoms with Crippen molar-refractivity contribution in [3.8, 4) is 28.7 Å². The number of anilines is 2. The third kappa shape index (κ3) is 10.4. The van der Waals surface area contributed by atoms with Crippen molar-refractivity contribution in [3.63, 3.8) is 0 Å². The number of carboxylic acids is 1. The predicted molar refractivity (Wildman–Crippen MR) is 208 cm³/mol. The average molecular weight is 792 g/mol. The summed E-state index contributed by atoms with van der Waals surface area (Å²) in [4.78, 5) is 45.4. The van der Waals surface area contributed by atoms with Gasteiger partial charge < -0.3 is 24.1 Å². The summed E-state index contributed by atoms with van der Waals surface area (Å²) in [6.07, 6.45) is 0. The molecule has 15 nitrogen and oxygen atoms in total. The first-order valence-electron chi connectivity index (χ1n) is 17.0. The minimum absolute atomic E-state index is 0.0629. The van der Waals surface area contributed by atoms with Crippen molar-refractivity contribution in [1.82, 2.24) is 0 Å². The minimum Gasteiger partial charge on any atom is -0.478 e. The van der Waals surface area contributed by atoms with Crippen LogP contribution >= 0.6 is 0 Å². The van der Waals surface area contributed by atoms with Crippen LogP contribution in [0.1, 0.15) is 37.4 Å². The zero-order valence-electron chi connectivity index (χ0n) is 29.9. The van der Waals surface area contributed by atoms with E-state index in [-0.39, 0.29) is 18.9 Å². The number of carbonyl (C=O) groups is 2. The van der Waals surface area contributed by atoms with E-state index < -0.39 is 44.7 Å². The highest BCUT2D eigenvalue weighted by atomic mass is 32.2. The molecule has 0 saturated heterocycles. The van der Waals surface area contributed by atoms with Crippen molar-refractivity contribution in [2.75, 3.05) is 10.8 Å². The monoisotopic (exact) mass is 791 g/mol. The maximum Gasteiger partial charge on any atom is 0.336 e. The van der Waals surface area contributed by atoms with Gasteiger partial charge >= 0.3 is 5.97 Å². The Balaban J connectivity index is 0.969. The van der Waals surface area contributed by atoms with E-state index in [1.165, 1.54) is 18.2 Å². The Morgan fingerprint density at radius 2 is 1.26 bits per heavy atom. The molecule has 16 heteroatoms. The molecule has 0 heterocycles. The highest BCUT2D eigenvalue weighted by Gasteiger charge is 2.27. The molecule has 0 aliphatic heterocycles. The molecule has 0 aliphatic carbocycles. The lowest BCUT2D eigenvalue weighted by Crippen LogP contribution is -2.18. The maximum atomic E-state index is 12.9. The zero-order valence-corrected chi connectivity index (χ0v) is 30.8. The Labute approximate surface area is 327 Å². The Morgan fingerprint density at radius 1 is 0.719 bits per heavy atom. The molecule has 6 rings (SSSR count). The quantitative estimate of drug-likeness (QED) is 0.0387. The van der Waals surface area contributed by atoms with Crippen molar-refractivity contribution >= 4 is 40.0 Å². The smallest absolute Gasteiger partial charge is 0.336 e. The normalized spacial score (nSPS) is 11.3. The van der Waals surface area contributed by atoms with E-state index in [2.05, 4.69) is 15.7 Å². The highest BCUT2D eigenvalue weighted by Crippen LogP contribution is 2.29. The van der Waals surface area contributed by atoms with Crippen molar-refractivity contribution in [1.29, 1.82) is 0 Å². The molecular formula is C41H33N3O12S. The van der Waals surface area contributed by atoms with Crippen LogP contribution in [0.4, 0.5) is 17.1 Å². The Kier molecular flexibility index (Phi) is 12.8. The first-order valence-corrected chi connectivity index (χ1v) is 18.0. The van der Waals surface area contributed by atoms with E-state index in [1.54, 1.807) is 84.9 Å². The number of nitro groups is 1. The molecule has 6 aromatic carbocycles. The predicted octanol–water partition coefficient (Wildman–Crippen LogP) is 9.07. The van der Waals surface area contributed by atoms with E-state index in [9.17, 15) is 29.0 Å². The fourth-order valence-electron chi connectivity index (χ4n) is 5.46. The number of carbonyl (C=O) groups excluding carboxylic acids is 1. The standard InChI is InChI=1S/C41H33N3O12S/c1-26-4-2-5-27(24-53-50)37(26)25-52-43-29-10-14-31(15-11-29)54-32-16-18-34(19-17-32)56-57(51)35-22-20-33(21-23-35)55-30-12-8-28(9-13-30)42-40(45)39-36(41(46)47)6-3-7-38(39)44(48)49/h2-23,43,50H,24-25H2,1H3,(H,42,45)(H,46,47). The SMILES string of the molecule is Cc1cccc(COO)c1CONc1ccc(Oc2ccc(OS(=O)c3ccc(Oc4ccc(NC(=O)c5c(C(=O)O)cccc5[N+](=O)[O-])cc4)cc3)cc2)cc1. The number of nitrogens with zero attached hydrogens (tertiary/aromatic N) is 1. The molecule has 1 amide bonds. The number of benzene rings is 6. The van der Waals surface area contributed by atoms with E-state index in [4.69, 9.17) is 23.8 Å². The number of ether oxygens (including phenoxy) is 2. The van der Waals surface area contributed by atoms with Gasteiger partial charge in [-0.25, -0.2) is 13.9 Å². The molecule has 57 heavy (non-hydrogen) atoms. The summed E-state index contributed by atoms with van der Waals surface area (Å²) >= 11 is -1.84. The molecule has 4 N–H and O–H groups in total. The van der Waals surface area contributed by atoms with Crippen LogP contribution in [0.25, 0.3) is 0 Å². The molecular weight excluding hydrogens is 759 g/mol. The third-order valence-electron chi connectivity index (χ3n) is 8.28. The van der Waals surface area contributed by atoms with Crippen molar-refractivity contribution < 1.29 is 52.5 Å². The second kappa shape index (κ2) is 18.5. The summed E-state index contributed by atoms with van der Waals surface area (Å²) in [5.74, 6) is -0.151. The first kappa shape index (κ1) is 39.6. The summed E-state index contributed by atoms with van der Waals surface area (Å²) in [7, 11) is 0. The Bertz CT molecular complexity index is 2360. The van der Waals surface area contributed by atoms with Gasteiger partial charge in [-0.3, -0.25) is 30.5 Å². The van der Waals surface area contributed by atoms with Gasteiger partial charge in [0.15, 0.2) is 0 Å². The van der Waals surface area contributed by atoms with Crippen molar-refractivity contribution in [3.05, 3.63) is 171 Å². The van der Waals surface area contributed by atoms with Gasteiger partial charge in [-0.05, 0) is 127 Å². The zero-order chi connectivity index (χ0) is 40.3. The number of hydrogen-bond acceptors (Lipinski definition) is 12. The largest absolute Gasteiger partial charge is 0.478 e. The van der Waals surface area contributed by atoms with E-state index in [0.717, 1.165) is 28.8 Å². The van der Waals surface area contributed by atoms with Gasteiger partial charge in [0, 0.05) is 11.8 Å². The second-order valence-electron chi connectivity index (χ2n) is 12.1. The fourth-order valence-corrected chi connectivity index (χ4v) is 6.20. The van der Waals surface area contributed by atoms with Crippen LogP contribution in [-0.4, -0.2) is 31.4 Å². The number of aromatic carboxylic acids is 1. The lowest BCUT2D eigenvalue weighted by Gasteiger charge is -2.13. The lowest BCUT2D eigenvalue weighted by atomic mass is 10.0. The fraction of sp³-hybridized carbons (Fsp3) is 0.0732. The van der Waals surface area contributed by atoms with Gasteiger partial charge in [-0.1, -0.05) is 24.3 Å². The average Bonchev–Trinajstić information content (AvgIpc) is 3.21. The molecule has 0 spiro atoms. The molecule has 290 valence electrons. The topological polar surface area (TPSA) is 205 Å². The Morgan fingerprint density at radius 3 is 1.84 bits per heavy atom. The summed E-state index contributed by atoms with van der Waals surface area (Å²) in [6.45, 7) is 2.28. The maximum absolute atomic E-state index is 12.9. The molecule has 0 aromatic heterocycles. The van der Waals surface area contributed by atoms with Crippen LogP contribution < -0.4 is 24.5 Å². The van der Waals surface area contributed by atoms with Gasteiger partial charge in [0.25, 0.3) is 11.6 Å². The van der Waals surface area contributed by atoms with Crippen LogP contribution in [-0.2, 0) is 34.0 Å². The number of nitrogens with one attached hydrogen (secondary N) is 2. The van der Waals surface area contributed by atoms with Crippen LogP contribution in [0.3, 0.4) is 0 Å². The third-order valence-corrected chi connectivity index (χ3v) is 9.28. The number of rotatable bonds is 17. The van der Waals surface area contributed by atoms with Gasteiger partial charge in [-0.15, -0.1) is 0 Å². The van der Waals surface area contributed by atoms with Gasteiger partial charge in [0.1, 0.15) is 47.5 Å². The van der Waals surface area contributed by atoms with Gasteiger partial charge in [0.2, 0.25) is 11.1 Å². The van der Waals surface area contributed by atoms with E-state index in [1.807, 2.05) is 25.1 Å². The minimum atomic E-state index is -1.84. The summed E-state index contributed by atoms with van der Waals surface area (Å²) in [5.41, 5.74) is 4.91. The number of hydrogen-bond donors (Lipinski definition) is 4. The molecule has 1 unspecified atom stereocenters. The van der Waals surface area contributed by atoms with Crippen molar-refractivity contribution in [2.45, 2.75) is 25.0 Å². The Hall–Kier alpha value is -7.11. The molecule has 0 fully saturated rings. The molecule has 0 bridgehead atoms. The van der Waals surface area contributed by atoms with Crippen LogP contribution in [0, 0.1) is 17.0 Å². The number of carboxylic acid groups (broad SMARTS) is 1. The lowest BCUT2D eigenvalue weighted by molar-refractivity contribution is -0.385. The molecule has 0 aliphatic rings. The molecule has 0 radical (unpaired) electrons. The van der Waals surface area contributed by atoms with Crippen LogP contribution in [0.15, 0.2) is 138 Å². The molecule has 6 aromatic rings. The van der Waals surface area contributed by atoms with Crippen LogP contribution in [0.5, 0.6) is 28.7 Å². The summed E-state index contributed by atoms with van der Waals surface area (Å²) in [6, 6.07) is 35.3. The highest BCUT2D eigenvalue weighted by molar-refractivity contribution is 7.80. The number of nitro benzene ring substituents is 1. The van der Waals surface area contributed by atoms with Crippen LogP contribution in [0.2, 0.25) is 0 Å². The van der Waals surface area contributed by atoms with Gasteiger partial charge in [0.05, 0.1) is 21.1 Å². The summed E-state index contributed by atoms with van der Waals surface area (Å²) in [5, 5.41) is 32.2. The van der Waals surface area contributed by atoms with Gasteiger partial charge in [-0.2, -0.15) is 0 Å². The van der Waals surface area contributed by atoms with Crippen molar-refractivity contribution in [2.24, 2.45) is 0 Å². The number of amides is 1. The second-order valence-corrected chi connectivity index (χ2v) is 13.2. The summed E-state index contributed by atoms with van der Waals surface area (Å²) < 4.78 is 30.3.